The smallest absolute Gasteiger partial charge is 0.226 e. The Balaban J connectivity index is 1.76. The number of nitrogens with zero attached hydrogens (tertiary/aromatic N) is 2. The highest BCUT2D eigenvalue weighted by atomic mass is 16.5. The van der Waals surface area contributed by atoms with Crippen LogP contribution in [0.5, 0.6) is 0 Å². The summed E-state index contributed by atoms with van der Waals surface area (Å²) in [4.78, 5) is 4.31. The molecule has 1 unspecified atom stereocenters. The number of aromatic nitrogens is 2. The van der Waals surface area contributed by atoms with Crippen LogP contribution in [0.15, 0.2) is 4.52 Å². The fourth-order valence-corrected chi connectivity index (χ4v) is 2.00. The predicted molar refractivity (Wildman–Crippen MR) is 57.6 cm³/mol. The van der Waals surface area contributed by atoms with Crippen molar-refractivity contribution in [1.82, 2.24) is 15.5 Å². The summed E-state index contributed by atoms with van der Waals surface area (Å²) in [5, 5.41) is 7.41. The zero-order valence-corrected chi connectivity index (χ0v) is 9.33. The summed E-state index contributed by atoms with van der Waals surface area (Å²) in [5.74, 6) is 1.61. The van der Waals surface area contributed by atoms with Gasteiger partial charge in [0, 0.05) is 18.9 Å². The van der Waals surface area contributed by atoms with Crippen molar-refractivity contribution in [1.29, 1.82) is 0 Å². The van der Waals surface area contributed by atoms with Crippen LogP contribution in [0.4, 0.5) is 0 Å². The van der Waals surface area contributed by atoms with E-state index in [0.29, 0.717) is 6.04 Å². The van der Waals surface area contributed by atoms with E-state index < -0.39 is 0 Å². The Morgan fingerprint density at radius 2 is 2.40 bits per heavy atom. The lowest BCUT2D eigenvalue weighted by Crippen LogP contribution is -2.34. The number of rotatable bonds is 4. The van der Waals surface area contributed by atoms with Crippen LogP contribution in [-0.4, -0.2) is 22.7 Å². The molecule has 2 heterocycles. The van der Waals surface area contributed by atoms with Crippen LogP contribution < -0.4 is 5.32 Å². The van der Waals surface area contributed by atoms with Gasteiger partial charge in [-0.2, -0.15) is 4.98 Å². The molecule has 1 saturated heterocycles. The molecule has 0 bridgehead atoms. The van der Waals surface area contributed by atoms with E-state index in [-0.39, 0.29) is 0 Å². The van der Waals surface area contributed by atoms with Crippen molar-refractivity contribution >= 4 is 0 Å². The van der Waals surface area contributed by atoms with Crippen molar-refractivity contribution in [3.63, 3.8) is 0 Å². The SMILES string of the molecule is CCc1noc(CCC2CCCCN2)n1. The number of nitrogens with one attached hydrogen (secondary N) is 1. The summed E-state index contributed by atoms with van der Waals surface area (Å²) in [7, 11) is 0. The van der Waals surface area contributed by atoms with Crippen molar-refractivity contribution in [3.8, 4) is 0 Å². The highest BCUT2D eigenvalue weighted by molar-refractivity contribution is 4.87. The minimum atomic E-state index is 0.649. The summed E-state index contributed by atoms with van der Waals surface area (Å²) in [6.07, 6.45) is 6.83. The molecule has 84 valence electrons. The molecular formula is C11H19N3O. The molecule has 1 aliphatic rings. The zero-order chi connectivity index (χ0) is 10.5. The lowest BCUT2D eigenvalue weighted by Gasteiger charge is -2.22. The Kier molecular flexibility index (Phi) is 3.72. The highest BCUT2D eigenvalue weighted by Gasteiger charge is 2.14. The van der Waals surface area contributed by atoms with Gasteiger partial charge in [-0.15, -0.1) is 0 Å². The maximum Gasteiger partial charge on any atom is 0.226 e. The van der Waals surface area contributed by atoms with E-state index in [1.54, 1.807) is 0 Å². The van der Waals surface area contributed by atoms with Crippen LogP contribution >= 0.6 is 0 Å². The molecule has 1 aromatic rings. The van der Waals surface area contributed by atoms with E-state index in [2.05, 4.69) is 15.5 Å². The van der Waals surface area contributed by atoms with Crippen molar-refractivity contribution < 1.29 is 4.52 Å². The molecule has 4 heteroatoms. The minimum absolute atomic E-state index is 0.649. The molecule has 1 aliphatic heterocycles. The van der Waals surface area contributed by atoms with Crippen LogP contribution in [-0.2, 0) is 12.8 Å². The Labute approximate surface area is 90.4 Å². The van der Waals surface area contributed by atoms with Gasteiger partial charge in [0.1, 0.15) is 0 Å². The molecule has 1 aromatic heterocycles. The quantitative estimate of drug-likeness (QED) is 0.820. The number of piperidine rings is 1. The first-order valence-electron chi connectivity index (χ1n) is 5.93. The standard InChI is InChI=1S/C11H19N3O/c1-2-10-13-11(15-14-10)7-6-9-5-3-4-8-12-9/h9,12H,2-8H2,1H3. The van der Waals surface area contributed by atoms with Gasteiger partial charge in [-0.1, -0.05) is 18.5 Å². The highest BCUT2D eigenvalue weighted by Crippen LogP contribution is 2.12. The lowest BCUT2D eigenvalue weighted by atomic mass is 10.0. The molecule has 1 atom stereocenters. The third-order valence-corrected chi connectivity index (χ3v) is 2.95. The van der Waals surface area contributed by atoms with E-state index >= 15 is 0 Å². The maximum atomic E-state index is 5.16. The van der Waals surface area contributed by atoms with Crippen LogP contribution in [0.3, 0.4) is 0 Å². The molecule has 2 rings (SSSR count). The molecule has 0 aliphatic carbocycles. The topological polar surface area (TPSA) is 51.0 Å². The van der Waals surface area contributed by atoms with Gasteiger partial charge in [-0.05, 0) is 25.8 Å². The summed E-state index contributed by atoms with van der Waals surface area (Å²) in [6.45, 7) is 3.20. The Morgan fingerprint density at radius 1 is 1.47 bits per heavy atom. The second kappa shape index (κ2) is 5.26. The van der Waals surface area contributed by atoms with Crippen LogP contribution in [0.2, 0.25) is 0 Å². The predicted octanol–water partition coefficient (Wildman–Crippen LogP) is 1.71. The lowest BCUT2D eigenvalue weighted by molar-refractivity contribution is 0.340. The maximum absolute atomic E-state index is 5.16. The van der Waals surface area contributed by atoms with E-state index in [0.717, 1.165) is 37.5 Å². The molecule has 4 nitrogen and oxygen atoms in total. The summed E-state index contributed by atoms with van der Waals surface area (Å²) in [6, 6.07) is 0.649. The molecule has 1 N–H and O–H groups in total. The molecule has 0 spiro atoms. The van der Waals surface area contributed by atoms with Gasteiger partial charge in [-0.25, -0.2) is 0 Å². The van der Waals surface area contributed by atoms with Crippen molar-refractivity contribution in [3.05, 3.63) is 11.7 Å². The van der Waals surface area contributed by atoms with Crippen LogP contribution in [0.1, 0.15) is 44.3 Å². The Hall–Kier alpha value is -0.900. The van der Waals surface area contributed by atoms with E-state index in [1.165, 1.54) is 19.3 Å². The van der Waals surface area contributed by atoms with E-state index in [9.17, 15) is 0 Å². The van der Waals surface area contributed by atoms with Crippen molar-refractivity contribution in [2.24, 2.45) is 0 Å². The van der Waals surface area contributed by atoms with Crippen LogP contribution in [0, 0.1) is 0 Å². The Bertz CT molecular complexity index is 292. The average molecular weight is 209 g/mol. The first kappa shape index (κ1) is 10.6. The van der Waals surface area contributed by atoms with Gasteiger partial charge >= 0.3 is 0 Å². The molecule has 1 fully saturated rings. The normalized spacial score (nSPS) is 21.8. The van der Waals surface area contributed by atoms with Gasteiger partial charge in [0.25, 0.3) is 0 Å². The summed E-state index contributed by atoms with van der Waals surface area (Å²) in [5.41, 5.74) is 0. The van der Waals surface area contributed by atoms with E-state index in [1.807, 2.05) is 6.92 Å². The van der Waals surface area contributed by atoms with Crippen molar-refractivity contribution in [2.45, 2.75) is 51.5 Å². The first-order valence-corrected chi connectivity index (χ1v) is 5.93. The molecule has 0 amide bonds. The first-order chi connectivity index (χ1) is 7.38. The number of aryl methyl sites for hydroxylation is 2. The minimum Gasteiger partial charge on any atom is -0.339 e. The third-order valence-electron chi connectivity index (χ3n) is 2.95. The third kappa shape index (κ3) is 3.02. The van der Waals surface area contributed by atoms with E-state index in [4.69, 9.17) is 4.52 Å². The second-order valence-electron chi connectivity index (χ2n) is 4.14. The fraction of sp³-hybridized carbons (Fsp3) is 0.818. The molecule has 0 aromatic carbocycles. The number of hydrogen-bond donors (Lipinski definition) is 1. The van der Waals surface area contributed by atoms with Gasteiger partial charge in [0.2, 0.25) is 5.89 Å². The Morgan fingerprint density at radius 3 is 3.07 bits per heavy atom. The number of hydrogen-bond acceptors (Lipinski definition) is 4. The average Bonchev–Trinajstić information content (AvgIpc) is 2.76. The van der Waals surface area contributed by atoms with Gasteiger partial charge in [0.05, 0.1) is 0 Å². The zero-order valence-electron chi connectivity index (χ0n) is 9.33. The molecular weight excluding hydrogens is 190 g/mol. The van der Waals surface area contributed by atoms with Crippen LogP contribution in [0.25, 0.3) is 0 Å². The molecule has 0 saturated carbocycles. The largest absolute Gasteiger partial charge is 0.339 e. The van der Waals surface area contributed by atoms with Crippen molar-refractivity contribution in [2.75, 3.05) is 6.54 Å². The molecule has 0 radical (unpaired) electrons. The monoisotopic (exact) mass is 209 g/mol. The van der Waals surface area contributed by atoms with Gasteiger partial charge in [-0.3, -0.25) is 0 Å². The molecule has 15 heavy (non-hydrogen) atoms. The summed E-state index contributed by atoms with van der Waals surface area (Å²) < 4.78 is 5.16. The fourth-order valence-electron chi connectivity index (χ4n) is 2.00. The van der Waals surface area contributed by atoms with Gasteiger partial charge < -0.3 is 9.84 Å². The summed E-state index contributed by atoms with van der Waals surface area (Å²) >= 11 is 0. The van der Waals surface area contributed by atoms with Gasteiger partial charge in [0.15, 0.2) is 5.82 Å². The second-order valence-corrected chi connectivity index (χ2v) is 4.14.